The van der Waals surface area contributed by atoms with Crippen LogP contribution in [-0.2, 0) is 15.7 Å². The Morgan fingerprint density at radius 2 is 1.79 bits per heavy atom. The highest BCUT2D eigenvalue weighted by Gasteiger charge is 2.40. The lowest BCUT2D eigenvalue weighted by atomic mass is 9.83. The molecule has 0 amide bonds. The first-order valence-corrected chi connectivity index (χ1v) is 9.06. The fraction of sp³-hybridized carbons (Fsp3) is 0.364. The summed E-state index contributed by atoms with van der Waals surface area (Å²) in [6.07, 6.45) is -4.58. The second kappa shape index (κ2) is 8.92. The van der Waals surface area contributed by atoms with Crippen LogP contribution in [0.3, 0.4) is 0 Å². The van der Waals surface area contributed by atoms with Gasteiger partial charge in [0.2, 0.25) is 0 Å². The van der Waals surface area contributed by atoms with Gasteiger partial charge in [-0.2, -0.15) is 18.4 Å². The number of rotatable bonds is 6. The zero-order valence-corrected chi connectivity index (χ0v) is 16.0. The molecule has 0 heterocycles. The van der Waals surface area contributed by atoms with Gasteiger partial charge >= 0.3 is 12.1 Å². The average molecular weight is 389 g/mol. The summed E-state index contributed by atoms with van der Waals surface area (Å²) >= 11 is 0. The summed E-state index contributed by atoms with van der Waals surface area (Å²) in [6.45, 7) is 5.33. The Hall–Kier alpha value is -2.81. The van der Waals surface area contributed by atoms with Gasteiger partial charge in [-0.15, -0.1) is 0 Å². The fourth-order valence-corrected chi connectivity index (χ4v) is 3.21. The van der Waals surface area contributed by atoms with E-state index in [2.05, 4.69) is 0 Å². The van der Waals surface area contributed by atoms with Gasteiger partial charge < -0.3 is 4.74 Å². The maximum Gasteiger partial charge on any atom is 0.417 e. The second-order valence-electron chi connectivity index (χ2n) is 6.90. The molecular weight excluding hydrogens is 367 g/mol. The molecule has 0 radical (unpaired) electrons. The third-order valence-corrected chi connectivity index (χ3v) is 4.33. The predicted molar refractivity (Wildman–Crippen MR) is 100 cm³/mol. The van der Waals surface area contributed by atoms with Gasteiger partial charge in [-0.05, 0) is 48.1 Å². The number of alkyl halides is 3. The van der Waals surface area contributed by atoms with Gasteiger partial charge in [-0.3, -0.25) is 4.79 Å². The molecule has 0 N–H and O–H groups in total. The largest absolute Gasteiger partial charge is 0.466 e. The fourth-order valence-electron chi connectivity index (χ4n) is 3.21. The number of esters is 1. The van der Waals surface area contributed by atoms with Gasteiger partial charge in [0.05, 0.1) is 29.7 Å². The van der Waals surface area contributed by atoms with E-state index < -0.39 is 29.2 Å². The lowest BCUT2D eigenvalue weighted by Gasteiger charge is -2.24. The molecule has 2 aromatic rings. The summed E-state index contributed by atoms with van der Waals surface area (Å²) in [5.74, 6) is -1.86. The number of benzene rings is 2. The van der Waals surface area contributed by atoms with Crippen LogP contribution in [0.4, 0.5) is 13.2 Å². The molecule has 1 atom stereocenters. The van der Waals surface area contributed by atoms with Crippen molar-refractivity contribution in [3.05, 3.63) is 59.2 Å². The van der Waals surface area contributed by atoms with Crippen molar-refractivity contribution in [1.29, 1.82) is 5.26 Å². The first kappa shape index (κ1) is 21.5. The molecule has 0 aliphatic heterocycles. The highest BCUT2D eigenvalue weighted by molar-refractivity contribution is 5.81. The summed E-state index contributed by atoms with van der Waals surface area (Å²) < 4.78 is 46.7. The molecule has 148 valence electrons. The Balaban J connectivity index is 2.79. The van der Waals surface area contributed by atoms with Crippen molar-refractivity contribution in [2.24, 2.45) is 5.92 Å². The van der Waals surface area contributed by atoms with Crippen molar-refractivity contribution in [2.45, 2.75) is 39.3 Å². The molecular formula is C22H22F3NO2. The van der Waals surface area contributed by atoms with Crippen molar-refractivity contribution >= 4 is 5.97 Å². The topological polar surface area (TPSA) is 50.1 Å². The number of carbonyl (C=O) groups is 1. The van der Waals surface area contributed by atoms with Crippen LogP contribution in [0.1, 0.15) is 49.8 Å². The highest BCUT2D eigenvalue weighted by atomic mass is 19.4. The van der Waals surface area contributed by atoms with E-state index in [1.165, 1.54) is 12.1 Å². The molecule has 1 unspecified atom stereocenters. The molecule has 0 fully saturated rings. The molecule has 0 saturated carbocycles. The van der Waals surface area contributed by atoms with Crippen LogP contribution in [0.2, 0.25) is 0 Å². The summed E-state index contributed by atoms with van der Waals surface area (Å²) in [6, 6.07) is 13.0. The van der Waals surface area contributed by atoms with Crippen molar-refractivity contribution < 1.29 is 22.7 Å². The Kier molecular flexibility index (Phi) is 6.85. The Morgan fingerprint density at radius 1 is 1.14 bits per heavy atom. The van der Waals surface area contributed by atoms with Gasteiger partial charge in [0, 0.05) is 0 Å². The van der Waals surface area contributed by atoms with Crippen molar-refractivity contribution in [3.8, 4) is 17.2 Å². The van der Waals surface area contributed by atoms with E-state index in [4.69, 9.17) is 4.74 Å². The Morgan fingerprint density at radius 3 is 2.29 bits per heavy atom. The number of nitriles is 1. The SMILES string of the molecule is CCOC(=O)C(CC(C)C)c1cc(-c2ccccc2)cc(C#N)c1C(F)(F)F. The molecule has 6 heteroatoms. The van der Waals surface area contributed by atoms with E-state index in [9.17, 15) is 23.2 Å². The Bertz CT molecular complexity index is 868. The molecule has 0 aromatic heterocycles. The Labute approximate surface area is 162 Å². The summed E-state index contributed by atoms with van der Waals surface area (Å²) in [4.78, 5) is 12.5. The quantitative estimate of drug-likeness (QED) is 0.575. The summed E-state index contributed by atoms with van der Waals surface area (Å²) in [5.41, 5.74) is -0.646. The van der Waals surface area contributed by atoms with Gasteiger partial charge in [-0.25, -0.2) is 0 Å². The minimum atomic E-state index is -4.77. The van der Waals surface area contributed by atoms with E-state index >= 15 is 0 Å². The first-order chi connectivity index (χ1) is 13.2. The molecule has 0 saturated heterocycles. The molecule has 2 rings (SSSR count). The maximum absolute atomic E-state index is 13.9. The monoisotopic (exact) mass is 389 g/mol. The minimum Gasteiger partial charge on any atom is -0.466 e. The van der Waals surface area contributed by atoms with Crippen molar-refractivity contribution in [3.63, 3.8) is 0 Å². The number of hydrogen-bond donors (Lipinski definition) is 0. The number of hydrogen-bond acceptors (Lipinski definition) is 3. The number of carbonyl (C=O) groups excluding carboxylic acids is 1. The summed E-state index contributed by atoms with van der Waals surface area (Å²) in [5, 5.41) is 9.42. The van der Waals surface area contributed by atoms with Gasteiger partial charge in [0.1, 0.15) is 0 Å². The standard InChI is InChI=1S/C22H22F3NO2/c1-4-28-21(27)19(10-14(2)3)18-12-16(15-8-6-5-7-9-15)11-17(13-26)20(18)22(23,24)25/h5-9,11-12,14,19H,4,10H2,1-3H3. The van der Waals surface area contributed by atoms with Crippen LogP contribution < -0.4 is 0 Å². The lowest BCUT2D eigenvalue weighted by molar-refractivity contribution is -0.146. The van der Waals surface area contributed by atoms with Crippen LogP contribution in [0, 0.1) is 17.2 Å². The third-order valence-electron chi connectivity index (χ3n) is 4.33. The van der Waals surface area contributed by atoms with Gasteiger partial charge in [0.15, 0.2) is 0 Å². The van der Waals surface area contributed by atoms with Gasteiger partial charge in [0.25, 0.3) is 0 Å². The van der Waals surface area contributed by atoms with Crippen LogP contribution in [-0.4, -0.2) is 12.6 Å². The molecule has 0 bridgehead atoms. The van der Waals surface area contributed by atoms with E-state index in [0.29, 0.717) is 11.1 Å². The highest BCUT2D eigenvalue weighted by Crippen LogP contribution is 2.42. The van der Waals surface area contributed by atoms with Crippen molar-refractivity contribution in [2.75, 3.05) is 6.61 Å². The number of nitrogens with zero attached hydrogens (tertiary/aromatic N) is 1. The van der Waals surface area contributed by atoms with Crippen LogP contribution in [0.15, 0.2) is 42.5 Å². The van der Waals surface area contributed by atoms with E-state index in [0.717, 1.165) is 0 Å². The first-order valence-electron chi connectivity index (χ1n) is 9.06. The molecule has 3 nitrogen and oxygen atoms in total. The molecule has 2 aromatic carbocycles. The lowest BCUT2D eigenvalue weighted by Crippen LogP contribution is -2.23. The smallest absolute Gasteiger partial charge is 0.417 e. The molecule has 0 spiro atoms. The molecule has 0 aliphatic rings. The van der Waals surface area contributed by atoms with Crippen molar-refractivity contribution in [1.82, 2.24) is 0 Å². The zero-order chi connectivity index (χ0) is 20.9. The summed E-state index contributed by atoms with van der Waals surface area (Å²) in [7, 11) is 0. The molecule has 0 aliphatic carbocycles. The number of halogens is 3. The normalized spacial score (nSPS) is 12.5. The van der Waals surface area contributed by atoms with Gasteiger partial charge in [-0.1, -0.05) is 44.2 Å². The maximum atomic E-state index is 13.9. The molecule has 28 heavy (non-hydrogen) atoms. The number of ether oxygens (including phenoxy) is 1. The van der Waals surface area contributed by atoms with Crippen LogP contribution in [0.25, 0.3) is 11.1 Å². The van der Waals surface area contributed by atoms with Crippen LogP contribution >= 0.6 is 0 Å². The second-order valence-corrected chi connectivity index (χ2v) is 6.90. The third kappa shape index (κ3) is 4.92. The average Bonchev–Trinajstić information content (AvgIpc) is 2.65. The predicted octanol–water partition coefficient (Wildman–Crippen LogP) is 5.94. The van der Waals surface area contributed by atoms with Crippen LogP contribution in [0.5, 0.6) is 0 Å². The van der Waals surface area contributed by atoms with E-state index in [1.807, 2.05) is 13.8 Å². The minimum absolute atomic E-state index is 0.0404. The zero-order valence-electron chi connectivity index (χ0n) is 16.0. The van der Waals surface area contributed by atoms with E-state index in [-0.39, 0.29) is 24.5 Å². The van der Waals surface area contributed by atoms with E-state index in [1.54, 1.807) is 43.3 Å².